The molecule has 0 radical (unpaired) electrons. The van der Waals surface area contributed by atoms with Crippen LogP contribution in [0.4, 0.5) is 5.69 Å². The molecule has 31 heavy (non-hydrogen) atoms. The van der Waals surface area contributed by atoms with Gasteiger partial charge in [0.15, 0.2) is 0 Å². The number of rotatable bonds is 7. The average Bonchev–Trinajstić information content (AvgIpc) is 3.21. The Kier molecular flexibility index (Phi) is 5.49. The lowest BCUT2D eigenvalue weighted by atomic mass is 10.2. The molecule has 0 atom stereocenters. The summed E-state index contributed by atoms with van der Waals surface area (Å²) in [5, 5.41) is 4.44. The molecule has 0 bridgehead atoms. The summed E-state index contributed by atoms with van der Waals surface area (Å²) in [6.45, 7) is 0.0202. The fourth-order valence-electron chi connectivity index (χ4n) is 3.16. The monoisotopic (exact) mass is 439 g/mol. The number of fused-ring (bicyclic) bond motifs is 1. The molecule has 0 aliphatic carbocycles. The van der Waals surface area contributed by atoms with Gasteiger partial charge in [0.05, 0.1) is 26.1 Å². The third-order valence-corrected chi connectivity index (χ3v) is 6.17. The van der Waals surface area contributed by atoms with Crippen LogP contribution in [0.2, 0.25) is 0 Å². The molecule has 0 aliphatic heterocycles. The van der Waals surface area contributed by atoms with Crippen LogP contribution in [-0.4, -0.2) is 37.4 Å². The van der Waals surface area contributed by atoms with Crippen LogP contribution in [0.5, 0.6) is 11.5 Å². The summed E-state index contributed by atoms with van der Waals surface area (Å²) in [4.78, 5) is 4.26. The summed E-state index contributed by atoms with van der Waals surface area (Å²) in [6.07, 6.45) is 3.32. The largest absolute Gasteiger partial charge is 0.497 e. The molecule has 9 nitrogen and oxygen atoms in total. The summed E-state index contributed by atoms with van der Waals surface area (Å²) >= 11 is 0. The van der Waals surface area contributed by atoms with Crippen LogP contribution < -0.4 is 19.9 Å². The second-order valence-electron chi connectivity index (χ2n) is 6.71. The van der Waals surface area contributed by atoms with E-state index in [1.54, 1.807) is 62.0 Å². The number of pyridine rings is 1. The number of nitrogens with two attached hydrogens (primary N) is 1. The van der Waals surface area contributed by atoms with Crippen molar-refractivity contribution in [2.75, 3.05) is 20.0 Å². The molecule has 3 N–H and O–H groups in total. The van der Waals surface area contributed by atoms with Crippen molar-refractivity contribution >= 4 is 26.7 Å². The van der Waals surface area contributed by atoms with Crippen LogP contribution in [-0.2, 0) is 16.6 Å². The Morgan fingerprint density at radius 1 is 1.06 bits per heavy atom. The van der Waals surface area contributed by atoms with Gasteiger partial charge in [0.25, 0.3) is 0 Å². The van der Waals surface area contributed by atoms with Crippen LogP contribution in [0.15, 0.2) is 65.8 Å². The molecule has 4 rings (SSSR count). The second kappa shape index (κ2) is 8.25. The van der Waals surface area contributed by atoms with Crippen molar-refractivity contribution in [3.63, 3.8) is 0 Å². The highest BCUT2D eigenvalue weighted by Crippen LogP contribution is 2.27. The van der Waals surface area contributed by atoms with Crippen molar-refractivity contribution in [1.82, 2.24) is 19.5 Å². The first kappa shape index (κ1) is 20.6. The lowest BCUT2D eigenvalue weighted by Crippen LogP contribution is -2.25. The van der Waals surface area contributed by atoms with Gasteiger partial charge >= 0.3 is 0 Å². The van der Waals surface area contributed by atoms with E-state index >= 15 is 0 Å². The van der Waals surface area contributed by atoms with Crippen LogP contribution in [0.1, 0.15) is 5.56 Å². The van der Waals surface area contributed by atoms with E-state index in [0.717, 1.165) is 0 Å². The molecule has 4 aromatic rings. The number of methoxy groups -OCH3 is 2. The molecule has 0 unspecified atom stereocenters. The number of aromatic nitrogens is 3. The highest BCUT2D eigenvalue weighted by Gasteiger charge is 2.22. The van der Waals surface area contributed by atoms with Gasteiger partial charge in [0, 0.05) is 30.1 Å². The van der Waals surface area contributed by atoms with E-state index in [1.807, 2.05) is 0 Å². The van der Waals surface area contributed by atoms with E-state index in [1.165, 1.54) is 17.9 Å². The Morgan fingerprint density at radius 2 is 1.90 bits per heavy atom. The maximum Gasteiger partial charge on any atom is 0.243 e. The smallest absolute Gasteiger partial charge is 0.243 e. The summed E-state index contributed by atoms with van der Waals surface area (Å²) in [6, 6.07) is 13.4. The Labute approximate surface area is 179 Å². The molecular weight excluding hydrogens is 418 g/mol. The Bertz CT molecular complexity index is 1320. The first-order valence-electron chi connectivity index (χ1n) is 9.32. The van der Waals surface area contributed by atoms with Gasteiger partial charge in [-0.2, -0.15) is 5.10 Å². The maximum atomic E-state index is 13.2. The maximum absolute atomic E-state index is 13.2. The number of hydrogen-bond acceptors (Lipinski definition) is 7. The molecule has 2 heterocycles. The molecule has 10 heteroatoms. The van der Waals surface area contributed by atoms with Gasteiger partial charge in [0.2, 0.25) is 10.0 Å². The van der Waals surface area contributed by atoms with E-state index in [2.05, 4.69) is 14.8 Å². The minimum atomic E-state index is -3.94. The number of benzene rings is 2. The van der Waals surface area contributed by atoms with Crippen LogP contribution in [0.25, 0.3) is 16.7 Å². The fraction of sp³-hybridized carbons (Fsp3) is 0.143. The van der Waals surface area contributed by atoms with Gasteiger partial charge in [-0.25, -0.2) is 17.8 Å². The zero-order valence-corrected chi connectivity index (χ0v) is 17.8. The lowest BCUT2D eigenvalue weighted by molar-refractivity contribution is 0.390. The molecule has 0 fully saturated rings. The van der Waals surface area contributed by atoms with Gasteiger partial charge in [-0.15, -0.1) is 0 Å². The molecule has 0 aliphatic rings. The Balaban J connectivity index is 1.69. The first-order chi connectivity index (χ1) is 14.9. The van der Waals surface area contributed by atoms with Crippen molar-refractivity contribution in [3.8, 4) is 17.2 Å². The zero-order chi connectivity index (χ0) is 22.0. The molecule has 0 amide bonds. The Morgan fingerprint density at radius 3 is 2.65 bits per heavy atom. The zero-order valence-electron chi connectivity index (χ0n) is 16.9. The van der Waals surface area contributed by atoms with E-state index in [0.29, 0.717) is 39.5 Å². The number of sulfonamides is 1. The molecule has 2 aromatic carbocycles. The standard InChI is InChI=1S/C21H21N5O4S/c1-29-16-7-5-14(20(11-16)30-2)12-24-31(27,28)21-10-15(22)6-8-19(21)26-13-18-17(25-26)4-3-9-23-18/h3-11,13,24H,12,22H2,1-2H3. The van der Waals surface area contributed by atoms with Crippen molar-refractivity contribution in [1.29, 1.82) is 0 Å². The number of ether oxygens (including phenoxy) is 2. The van der Waals surface area contributed by atoms with Crippen LogP contribution in [0.3, 0.4) is 0 Å². The van der Waals surface area contributed by atoms with E-state index in [9.17, 15) is 8.42 Å². The molecule has 2 aromatic heterocycles. The fourth-order valence-corrected chi connectivity index (χ4v) is 4.39. The molecular formula is C21H21N5O4S. The predicted octanol–water partition coefficient (Wildman–Crippen LogP) is 2.50. The van der Waals surface area contributed by atoms with Crippen molar-refractivity contribution in [3.05, 3.63) is 66.5 Å². The summed E-state index contributed by atoms with van der Waals surface area (Å²) in [5.74, 6) is 1.13. The SMILES string of the molecule is COc1ccc(CNS(=O)(=O)c2cc(N)ccc2-n2cc3ncccc3n2)c(OC)c1. The quantitative estimate of drug-likeness (QED) is 0.424. The molecule has 0 saturated heterocycles. The number of nitrogens with zero attached hydrogens (tertiary/aromatic N) is 3. The van der Waals surface area contributed by atoms with Crippen molar-refractivity contribution in [2.45, 2.75) is 11.4 Å². The molecule has 0 saturated carbocycles. The van der Waals surface area contributed by atoms with Gasteiger partial charge < -0.3 is 15.2 Å². The van der Waals surface area contributed by atoms with Crippen molar-refractivity contribution in [2.24, 2.45) is 0 Å². The summed E-state index contributed by atoms with van der Waals surface area (Å²) in [7, 11) is -0.875. The number of hydrogen-bond donors (Lipinski definition) is 2. The van der Waals surface area contributed by atoms with E-state index < -0.39 is 10.0 Å². The molecule has 0 spiro atoms. The first-order valence-corrected chi connectivity index (χ1v) is 10.8. The number of nitrogens with one attached hydrogen (secondary N) is 1. The normalized spacial score (nSPS) is 11.5. The van der Waals surface area contributed by atoms with Gasteiger partial charge in [0.1, 0.15) is 27.4 Å². The topological polar surface area (TPSA) is 121 Å². The lowest BCUT2D eigenvalue weighted by Gasteiger charge is -2.14. The predicted molar refractivity (Wildman–Crippen MR) is 117 cm³/mol. The van der Waals surface area contributed by atoms with E-state index in [4.69, 9.17) is 15.2 Å². The Hall–Kier alpha value is -3.63. The summed E-state index contributed by atoms with van der Waals surface area (Å²) < 4.78 is 41.0. The molecule has 160 valence electrons. The minimum Gasteiger partial charge on any atom is -0.497 e. The van der Waals surface area contributed by atoms with Gasteiger partial charge in [-0.1, -0.05) is 6.07 Å². The highest BCUT2D eigenvalue weighted by atomic mass is 32.2. The van der Waals surface area contributed by atoms with Gasteiger partial charge in [-0.3, -0.25) is 4.98 Å². The second-order valence-corrected chi connectivity index (χ2v) is 8.45. The summed E-state index contributed by atoms with van der Waals surface area (Å²) in [5.41, 5.74) is 8.54. The van der Waals surface area contributed by atoms with Gasteiger partial charge in [-0.05, 0) is 36.4 Å². The third-order valence-electron chi connectivity index (χ3n) is 4.74. The van der Waals surface area contributed by atoms with Crippen LogP contribution >= 0.6 is 0 Å². The number of nitrogen functional groups attached to an aromatic ring is 1. The van der Waals surface area contributed by atoms with Crippen molar-refractivity contribution < 1.29 is 17.9 Å². The number of anilines is 1. The van der Waals surface area contributed by atoms with Crippen LogP contribution in [0, 0.1) is 0 Å². The van der Waals surface area contributed by atoms with E-state index in [-0.39, 0.29) is 11.4 Å². The minimum absolute atomic E-state index is 0.00721. The third kappa shape index (κ3) is 4.16. The average molecular weight is 439 g/mol. The highest BCUT2D eigenvalue weighted by molar-refractivity contribution is 7.89.